The van der Waals surface area contributed by atoms with Gasteiger partial charge >= 0.3 is 0 Å². The molecule has 2 aromatic rings. The molecule has 158 valence electrons. The normalized spacial score (nSPS) is 19.1. The van der Waals surface area contributed by atoms with Crippen molar-refractivity contribution in [3.05, 3.63) is 24.7 Å². The fraction of sp³-hybridized carbons (Fsp3) is 0.632. The van der Waals surface area contributed by atoms with Gasteiger partial charge in [-0.15, -0.1) is 10.2 Å². The average Bonchev–Trinajstić information content (AvgIpc) is 3.26. The van der Waals surface area contributed by atoms with Gasteiger partial charge in [0.05, 0.1) is 6.33 Å². The van der Waals surface area contributed by atoms with Crippen molar-refractivity contribution in [1.82, 2.24) is 24.1 Å². The molecule has 0 atom stereocenters. The molecule has 0 bridgehead atoms. The smallest absolute Gasteiger partial charge is 0.262 e. The van der Waals surface area contributed by atoms with E-state index >= 15 is 0 Å². The highest BCUT2D eigenvalue weighted by atomic mass is 32.2. The zero-order chi connectivity index (χ0) is 20.4. The molecule has 0 radical (unpaired) electrons. The van der Waals surface area contributed by atoms with E-state index in [2.05, 4.69) is 25.0 Å². The van der Waals surface area contributed by atoms with Gasteiger partial charge < -0.3 is 14.4 Å². The maximum atomic E-state index is 12.9. The molecule has 0 unspecified atom stereocenters. The van der Waals surface area contributed by atoms with E-state index in [0.29, 0.717) is 26.2 Å². The molecule has 4 rings (SSSR count). The molecule has 4 heterocycles. The molecule has 2 aromatic heterocycles. The Labute approximate surface area is 172 Å². The molecule has 2 aliphatic heterocycles. The van der Waals surface area contributed by atoms with Crippen molar-refractivity contribution >= 4 is 21.7 Å². The van der Waals surface area contributed by atoms with E-state index in [4.69, 9.17) is 0 Å². The van der Waals surface area contributed by atoms with Crippen LogP contribution >= 0.6 is 0 Å². The van der Waals surface area contributed by atoms with Gasteiger partial charge in [-0.2, -0.15) is 4.31 Å². The molecule has 0 aliphatic carbocycles. The van der Waals surface area contributed by atoms with Gasteiger partial charge in [0, 0.05) is 51.5 Å². The second-order valence-corrected chi connectivity index (χ2v) is 9.83. The minimum Gasteiger partial charge on any atom is -0.355 e. The number of hydrogen-bond donors (Lipinski definition) is 0. The van der Waals surface area contributed by atoms with Crippen LogP contribution in [0.25, 0.3) is 0 Å². The van der Waals surface area contributed by atoms with Crippen LogP contribution in [-0.4, -0.2) is 71.7 Å². The highest BCUT2D eigenvalue weighted by Crippen LogP contribution is 2.22. The fourth-order valence-corrected chi connectivity index (χ4v) is 5.15. The van der Waals surface area contributed by atoms with Gasteiger partial charge in [0.1, 0.15) is 0 Å². The van der Waals surface area contributed by atoms with Gasteiger partial charge in [-0.25, -0.2) is 13.4 Å². The van der Waals surface area contributed by atoms with Crippen molar-refractivity contribution in [3.8, 4) is 0 Å². The summed E-state index contributed by atoms with van der Waals surface area (Å²) in [5, 5.41) is 8.91. The third kappa shape index (κ3) is 4.23. The highest BCUT2D eigenvalue weighted by molar-refractivity contribution is 7.89. The first-order valence-electron chi connectivity index (χ1n) is 10.3. The van der Waals surface area contributed by atoms with Crippen LogP contribution in [0.3, 0.4) is 0 Å². The number of sulfonamides is 1. The fourth-order valence-electron chi connectivity index (χ4n) is 3.80. The number of hydrogen-bond acceptors (Lipinski definition) is 7. The monoisotopic (exact) mass is 419 g/mol. The van der Waals surface area contributed by atoms with E-state index in [1.54, 1.807) is 12.5 Å². The molecule has 9 nitrogen and oxygen atoms in total. The predicted molar refractivity (Wildman–Crippen MR) is 112 cm³/mol. The van der Waals surface area contributed by atoms with E-state index < -0.39 is 10.0 Å². The summed E-state index contributed by atoms with van der Waals surface area (Å²) in [4.78, 5) is 8.48. The Hall–Kier alpha value is -2.20. The summed E-state index contributed by atoms with van der Waals surface area (Å²) in [6, 6.07) is 4.19. The van der Waals surface area contributed by atoms with Gasteiger partial charge in [-0.3, -0.25) is 0 Å². The van der Waals surface area contributed by atoms with Crippen molar-refractivity contribution < 1.29 is 8.42 Å². The molecule has 0 spiro atoms. The minimum absolute atomic E-state index is 0.116. The number of imidazole rings is 1. The van der Waals surface area contributed by atoms with Crippen LogP contribution < -0.4 is 9.80 Å². The number of aromatic nitrogens is 4. The van der Waals surface area contributed by atoms with Crippen LogP contribution in [0.4, 0.5) is 11.6 Å². The molecular formula is C19H29N7O2S. The first kappa shape index (κ1) is 20.1. The van der Waals surface area contributed by atoms with E-state index in [-0.39, 0.29) is 11.1 Å². The van der Waals surface area contributed by atoms with Crippen LogP contribution in [0.1, 0.15) is 39.2 Å². The molecular weight excluding hydrogens is 390 g/mol. The van der Waals surface area contributed by atoms with Crippen molar-refractivity contribution in [2.75, 3.05) is 49.1 Å². The van der Waals surface area contributed by atoms with Crippen LogP contribution in [0.5, 0.6) is 0 Å². The van der Waals surface area contributed by atoms with Crippen LogP contribution in [0.2, 0.25) is 0 Å². The van der Waals surface area contributed by atoms with E-state index in [1.807, 2.05) is 30.5 Å². The zero-order valence-corrected chi connectivity index (χ0v) is 17.9. The van der Waals surface area contributed by atoms with Crippen LogP contribution in [-0.2, 0) is 10.0 Å². The van der Waals surface area contributed by atoms with Crippen LogP contribution in [0.15, 0.2) is 29.7 Å². The molecule has 0 amide bonds. The van der Waals surface area contributed by atoms with Gasteiger partial charge in [-0.1, -0.05) is 0 Å². The predicted octanol–water partition coefficient (Wildman–Crippen LogP) is 1.76. The average molecular weight is 420 g/mol. The van der Waals surface area contributed by atoms with E-state index in [9.17, 15) is 8.42 Å². The van der Waals surface area contributed by atoms with Crippen molar-refractivity contribution in [2.45, 2.75) is 44.2 Å². The Bertz CT molecular complexity index is 912. The molecule has 10 heteroatoms. The topological polar surface area (TPSA) is 87.5 Å². The summed E-state index contributed by atoms with van der Waals surface area (Å²) < 4.78 is 29.1. The highest BCUT2D eigenvalue weighted by Gasteiger charge is 2.31. The third-order valence-electron chi connectivity index (χ3n) is 5.66. The number of nitrogens with zero attached hydrogens (tertiary/aromatic N) is 7. The van der Waals surface area contributed by atoms with Gasteiger partial charge in [0.2, 0.25) is 0 Å². The number of rotatable bonds is 5. The lowest BCUT2D eigenvalue weighted by Gasteiger charge is -2.34. The summed E-state index contributed by atoms with van der Waals surface area (Å²) in [6.45, 7) is 8.06. The lowest BCUT2D eigenvalue weighted by molar-refractivity contribution is 0.382. The first-order chi connectivity index (χ1) is 13.9. The second-order valence-electron chi connectivity index (χ2n) is 7.94. The zero-order valence-electron chi connectivity index (χ0n) is 17.1. The second kappa shape index (κ2) is 8.27. The van der Waals surface area contributed by atoms with E-state index in [0.717, 1.165) is 24.7 Å². The quantitative estimate of drug-likeness (QED) is 0.730. The molecule has 0 aromatic carbocycles. The molecule has 0 saturated carbocycles. The molecule has 2 saturated heterocycles. The Morgan fingerprint density at radius 2 is 1.45 bits per heavy atom. The number of piperidine rings is 1. The van der Waals surface area contributed by atoms with Gasteiger partial charge in [0.15, 0.2) is 16.7 Å². The summed E-state index contributed by atoms with van der Waals surface area (Å²) in [5.41, 5.74) is 0. The van der Waals surface area contributed by atoms with Gasteiger partial charge in [0.25, 0.3) is 10.0 Å². The lowest BCUT2D eigenvalue weighted by atomic mass is 10.1. The first-order valence-corrected chi connectivity index (χ1v) is 11.8. The minimum atomic E-state index is -3.57. The van der Waals surface area contributed by atoms with Crippen molar-refractivity contribution in [1.29, 1.82) is 0 Å². The molecule has 2 aliphatic rings. The number of piperazine rings is 1. The summed E-state index contributed by atoms with van der Waals surface area (Å²) in [7, 11) is -3.57. The Morgan fingerprint density at radius 1 is 0.862 bits per heavy atom. The molecule has 29 heavy (non-hydrogen) atoms. The van der Waals surface area contributed by atoms with E-state index in [1.165, 1.54) is 23.6 Å². The summed E-state index contributed by atoms with van der Waals surface area (Å²) in [6.07, 6.45) is 6.88. The Kier molecular flexibility index (Phi) is 5.73. The molecule has 2 fully saturated rings. The Balaban J connectivity index is 1.38. The summed E-state index contributed by atoms with van der Waals surface area (Å²) in [5.74, 6) is 1.72. The Morgan fingerprint density at radius 3 is 1.97 bits per heavy atom. The SMILES string of the molecule is CC(C)n1cnc(S(=O)(=O)N2CCN(c3ccc(N4CCCCC4)nn3)CC2)c1. The van der Waals surface area contributed by atoms with Crippen molar-refractivity contribution in [3.63, 3.8) is 0 Å². The standard InChI is InChI=1S/C19H29N7O2S/c1-16(2)25-14-19(20-15-25)29(27,28)26-12-10-24(11-13-26)18-7-6-17(21-22-18)23-8-4-3-5-9-23/h6-7,14-16H,3-5,8-13H2,1-2H3. The lowest BCUT2D eigenvalue weighted by Crippen LogP contribution is -2.49. The van der Waals surface area contributed by atoms with Crippen LogP contribution in [0, 0.1) is 0 Å². The maximum Gasteiger partial charge on any atom is 0.262 e. The largest absolute Gasteiger partial charge is 0.355 e. The number of anilines is 2. The maximum absolute atomic E-state index is 12.9. The summed E-state index contributed by atoms with van der Waals surface area (Å²) >= 11 is 0. The molecule has 0 N–H and O–H groups in total. The van der Waals surface area contributed by atoms with Crippen molar-refractivity contribution in [2.24, 2.45) is 0 Å². The van der Waals surface area contributed by atoms with Gasteiger partial charge in [-0.05, 0) is 45.2 Å². The third-order valence-corrected chi connectivity index (χ3v) is 7.44.